The van der Waals surface area contributed by atoms with Crippen LogP contribution in [0.2, 0.25) is 0 Å². The van der Waals surface area contributed by atoms with Gasteiger partial charge in [0.1, 0.15) is 0 Å². The number of hydrogen-bond donors (Lipinski definition) is 1. The molecule has 0 saturated heterocycles. The van der Waals surface area contributed by atoms with Gasteiger partial charge in [0.2, 0.25) is 0 Å². The number of para-hydroxylation sites is 1. The molecule has 1 aliphatic rings. The zero-order valence-corrected chi connectivity index (χ0v) is 10.1. The van der Waals surface area contributed by atoms with Crippen LogP contribution >= 0.6 is 11.3 Å². The molecule has 0 radical (unpaired) electrons. The number of rotatable bonds is 2. The van der Waals surface area contributed by atoms with Gasteiger partial charge in [0, 0.05) is 17.0 Å². The van der Waals surface area contributed by atoms with Gasteiger partial charge in [-0.3, -0.25) is 0 Å². The van der Waals surface area contributed by atoms with Gasteiger partial charge >= 0.3 is 0 Å². The number of benzene rings is 1. The number of fused-ring (bicyclic) bond motifs is 1. The van der Waals surface area contributed by atoms with Crippen LogP contribution in [0, 0.1) is 0 Å². The minimum Gasteiger partial charge on any atom is -0.332 e. The Bertz CT molecular complexity index is 567. The van der Waals surface area contributed by atoms with Crippen LogP contribution in [0.1, 0.15) is 10.6 Å². The molecule has 3 rings (SSSR count). The fourth-order valence-electron chi connectivity index (χ4n) is 1.74. The molecule has 0 spiro atoms. The van der Waals surface area contributed by atoms with Crippen molar-refractivity contribution in [2.75, 3.05) is 5.32 Å². The van der Waals surface area contributed by atoms with E-state index < -0.39 is 0 Å². The fraction of sp³-hybridized carbons (Fsp3) is 0.0714. The smallest absolute Gasteiger partial charge is 0.187 e. The minimum atomic E-state index is 0.959. The Labute approximate surface area is 104 Å². The third-order valence-corrected chi connectivity index (χ3v) is 3.57. The number of nitrogens with one attached hydrogen (secondary N) is 1. The second-order valence-corrected chi connectivity index (χ2v) is 4.89. The van der Waals surface area contributed by atoms with Crippen LogP contribution in [-0.2, 0) is 6.42 Å². The van der Waals surface area contributed by atoms with Crippen molar-refractivity contribution in [1.82, 2.24) is 4.98 Å². The predicted molar refractivity (Wildman–Crippen MR) is 73.7 cm³/mol. The molecule has 0 amide bonds. The summed E-state index contributed by atoms with van der Waals surface area (Å²) in [6.07, 6.45) is 9.30. The fourth-order valence-corrected chi connectivity index (χ4v) is 2.68. The van der Waals surface area contributed by atoms with Crippen molar-refractivity contribution in [1.29, 1.82) is 0 Å². The topological polar surface area (TPSA) is 24.9 Å². The first-order chi connectivity index (χ1) is 8.42. The van der Waals surface area contributed by atoms with E-state index in [0.29, 0.717) is 0 Å². The quantitative estimate of drug-likeness (QED) is 0.857. The lowest BCUT2D eigenvalue weighted by Gasteiger charge is -2.00. The summed E-state index contributed by atoms with van der Waals surface area (Å²) in [5, 5.41) is 4.29. The van der Waals surface area contributed by atoms with E-state index in [0.717, 1.165) is 22.9 Å². The third kappa shape index (κ3) is 2.29. The Morgan fingerprint density at radius 1 is 1.12 bits per heavy atom. The number of hydrogen-bond acceptors (Lipinski definition) is 3. The van der Waals surface area contributed by atoms with Crippen molar-refractivity contribution < 1.29 is 0 Å². The maximum atomic E-state index is 4.59. The number of anilines is 2. The van der Waals surface area contributed by atoms with Gasteiger partial charge in [-0.05, 0) is 18.2 Å². The molecule has 1 aliphatic carbocycles. The number of thiazole rings is 1. The van der Waals surface area contributed by atoms with Crippen molar-refractivity contribution in [3.8, 4) is 0 Å². The second-order valence-electron chi connectivity index (χ2n) is 3.81. The molecular weight excluding hydrogens is 228 g/mol. The van der Waals surface area contributed by atoms with E-state index in [-0.39, 0.29) is 0 Å². The van der Waals surface area contributed by atoms with Crippen LogP contribution in [0.4, 0.5) is 10.8 Å². The van der Waals surface area contributed by atoms with Crippen molar-refractivity contribution >= 4 is 28.2 Å². The van der Waals surface area contributed by atoms with Crippen molar-refractivity contribution in [3.63, 3.8) is 0 Å². The van der Waals surface area contributed by atoms with Gasteiger partial charge in [0.05, 0.1) is 5.69 Å². The van der Waals surface area contributed by atoms with E-state index in [4.69, 9.17) is 0 Å². The van der Waals surface area contributed by atoms with Crippen LogP contribution in [0.3, 0.4) is 0 Å². The van der Waals surface area contributed by atoms with E-state index in [9.17, 15) is 0 Å². The van der Waals surface area contributed by atoms with Crippen LogP contribution in [0.5, 0.6) is 0 Å². The van der Waals surface area contributed by atoms with Gasteiger partial charge in [-0.1, -0.05) is 36.4 Å². The SMILES string of the molecule is C1=CCc2sc(Nc3ccccc3)nc2C=C1. The summed E-state index contributed by atoms with van der Waals surface area (Å²) in [5.41, 5.74) is 2.16. The minimum absolute atomic E-state index is 0.959. The van der Waals surface area contributed by atoms with E-state index >= 15 is 0 Å². The van der Waals surface area contributed by atoms with Gasteiger partial charge in [0.25, 0.3) is 0 Å². The normalized spacial score (nSPS) is 13.2. The Morgan fingerprint density at radius 3 is 2.88 bits per heavy atom. The first-order valence-corrected chi connectivity index (χ1v) is 6.38. The molecular formula is C14H12N2S. The van der Waals surface area contributed by atoms with Crippen LogP contribution in [0.15, 0.2) is 48.6 Å². The summed E-state index contributed by atoms with van der Waals surface area (Å²) in [6, 6.07) is 10.1. The van der Waals surface area contributed by atoms with Gasteiger partial charge in [-0.2, -0.15) is 0 Å². The van der Waals surface area contributed by atoms with Gasteiger partial charge < -0.3 is 5.32 Å². The highest BCUT2D eigenvalue weighted by Gasteiger charge is 2.08. The molecule has 3 heteroatoms. The molecule has 2 nitrogen and oxygen atoms in total. The van der Waals surface area contributed by atoms with Crippen molar-refractivity contribution in [3.05, 3.63) is 59.1 Å². The van der Waals surface area contributed by atoms with Crippen LogP contribution in [0.25, 0.3) is 6.08 Å². The Balaban J connectivity index is 1.86. The summed E-state index contributed by atoms with van der Waals surface area (Å²) in [5.74, 6) is 0. The lowest BCUT2D eigenvalue weighted by Crippen LogP contribution is -1.88. The summed E-state index contributed by atoms with van der Waals surface area (Å²) in [6.45, 7) is 0. The summed E-state index contributed by atoms with van der Waals surface area (Å²) in [4.78, 5) is 5.90. The van der Waals surface area contributed by atoms with E-state index in [2.05, 4.69) is 28.5 Å². The zero-order chi connectivity index (χ0) is 11.5. The number of nitrogens with zero attached hydrogens (tertiary/aromatic N) is 1. The van der Waals surface area contributed by atoms with Gasteiger partial charge in [-0.25, -0.2) is 4.98 Å². The molecule has 1 aromatic heterocycles. The average molecular weight is 240 g/mol. The molecule has 1 heterocycles. The Kier molecular flexibility index (Phi) is 2.76. The lowest BCUT2D eigenvalue weighted by atomic mass is 10.3. The Hall–Kier alpha value is -1.87. The highest BCUT2D eigenvalue weighted by molar-refractivity contribution is 7.15. The van der Waals surface area contributed by atoms with E-state index in [1.54, 1.807) is 11.3 Å². The number of aromatic nitrogens is 1. The van der Waals surface area contributed by atoms with Crippen LogP contribution in [-0.4, -0.2) is 4.98 Å². The highest BCUT2D eigenvalue weighted by atomic mass is 32.1. The molecule has 0 unspecified atom stereocenters. The molecule has 1 N–H and O–H groups in total. The molecule has 17 heavy (non-hydrogen) atoms. The molecule has 0 aliphatic heterocycles. The molecule has 0 fully saturated rings. The van der Waals surface area contributed by atoms with Crippen molar-refractivity contribution in [2.45, 2.75) is 6.42 Å². The molecule has 0 saturated carbocycles. The van der Waals surface area contributed by atoms with Gasteiger partial charge in [0.15, 0.2) is 5.13 Å². The first kappa shape index (κ1) is 10.3. The molecule has 0 bridgehead atoms. The predicted octanol–water partition coefficient (Wildman–Crippen LogP) is 4.01. The zero-order valence-electron chi connectivity index (χ0n) is 9.26. The summed E-state index contributed by atoms with van der Waals surface area (Å²) >= 11 is 1.72. The monoisotopic (exact) mass is 240 g/mol. The summed E-state index contributed by atoms with van der Waals surface area (Å²) < 4.78 is 0. The maximum Gasteiger partial charge on any atom is 0.187 e. The molecule has 84 valence electrons. The van der Waals surface area contributed by atoms with E-state index in [1.165, 1.54) is 4.88 Å². The second kappa shape index (κ2) is 4.55. The molecule has 0 atom stereocenters. The van der Waals surface area contributed by atoms with Crippen LogP contribution < -0.4 is 5.32 Å². The lowest BCUT2D eigenvalue weighted by molar-refractivity contribution is 1.27. The first-order valence-electron chi connectivity index (χ1n) is 5.57. The van der Waals surface area contributed by atoms with Gasteiger partial charge in [-0.15, -0.1) is 11.3 Å². The maximum absolute atomic E-state index is 4.59. The number of allylic oxidation sites excluding steroid dienone is 3. The standard InChI is InChI=1S/C14H12N2S/c1-3-7-11(8-4-1)15-14-16-12-9-5-2-6-10-13(12)17-14/h1-9H,10H2,(H,15,16). The average Bonchev–Trinajstić information content (AvgIpc) is 2.60. The highest BCUT2D eigenvalue weighted by Crippen LogP contribution is 2.28. The van der Waals surface area contributed by atoms with E-state index in [1.807, 2.05) is 36.4 Å². The molecule has 1 aromatic carbocycles. The largest absolute Gasteiger partial charge is 0.332 e. The summed E-state index contributed by atoms with van der Waals surface area (Å²) in [7, 11) is 0. The molecule has 2 aromatic rings. The Morgan fingerprint density at radius 2 is 2.00 bits per heavy atom. The van der Waals surface area contributed by atoms with Crippen molar-refractivity contribution in [2.24, 2.45) is 0 Å². The third-order valence-electron chi connectivity index (χ3n) is 2.56.